The van der Waals surface area contributed by atoms with Crippen LogP contribution in [0, 0.1) is 5.92 Å². The first-order valence-corrected chi connectivity index (χ1v) is 6.02. The van der Waals surface area contributed by atoms with Gasteiger partial charge in [0.25, 0.3) is 5.91 Å². The predicted octanol–water partition coefficient (Wildman–Crippen LogP) is 0.851. The molecule has 2 rings (SSSR count). The van der Waals surface area contributed by atoms with Gasteiger partial charge < -0.3 is 16.8 Å². The van der Waals surface area contributed by atoms with Crippen LogP contribution in [0.15, 0.2) is 24.3 Å². The first kappa shape index (κ1) is 12.6. The number of primary amides is 1. The normalized spacial score (nSPS) is 16.1. The van der Waals surface area contributed by atoms with Gasteiger partial charge in [0.2, 0.25) is 5.91 Å². The van der Waals surface area contributed by atoms with Crippen LogP contribution in [0.3, 0.4) is 0 Å². The molecule has 1 aromatic rings. The van der Waals surface area contributed by atoms with Gasteiger partial charge in [0, 0.05) is 12.5 Å². The van der Waals surface area contributed by atoms with Crippen molar-refractivity contribution in [3.8, 4) is 0 Å². The monoisotopic (exact) mass is 247 g/mol. The van der Waals surface area contributed by atoms with Crippen LogP contribution >= 0.6 is 0 Å². The van der Waals surface area contributed by atoms with E-state index in [1.165, 1.54) is 0 Å². The number of hydrogen-bond donors (Lipinski definition) is 3. The van der Waals surface area contributed by atoms with Gasteiger partial charge in [-0.25, -0.2) is 0 Å². The van der Waals surface area contributed by atoms with E-state index in [0.717, 1.165) is 12.8 Å². The van der Waals surface area contributed by atoms with Crippen LogP contribution in [-0.4, -0.2) is 17.9 Å². The third kappa shape index (κ3) is 3.07. The Balaban J connectivity index is 1.99. The lowest BCUT2D eigenvalue weighted by molar-refractivity contribution is -0.116. The molecule has 0 heterocycles. The van der Waals surface area contributed by atoms with Gasteiger partial charge in [-0.15, -0.1) is 0 Å². The van der Waals surface area contributed by atoms with Crippen LogP contribution in [0.25, 0.3) is 0 Å². The SMILES string of the molecule is NC(=O)c1ccccc1NC(=O)CC(N)C1CC1. The number of carbonyl (C=O) groups is 2. The molecule has 1 aliphatic rings. The molecule has 5 heteroatoms. The fraction of sp³-hybridized carbons (Fsp3) is 0.385. The van der Waals surface area contributed by atoms with E-state index in [-0.39, 0.29) is 18.4 Å². The molecule has 1 saturated carbocycles. The fourth-order valence-electron chi connectivity index (χ4n) is 1.91. The highest BCUT2D eigenvalue weighted by Crippen LogP contribution is 2.32. The standard InChI is InChI=1S/C13H17N3O2/c14-10(8-5-6-8)7-12(17)16-11-4-2-1-3-9(11)13(15)18/h1-4,8,10H,5-7,14H2,(H2,15,18)(H,16,17). The Bertz CT molecular complexity index is 469. The van der Waals surface area contributed by atoms with Crippen LogP contribution < -0.4 is 16.8 Å². The molecule has 2 amide bonds. The molecule has 0 aliphatic heterocycles. The zero-order valence-electron chi connectivity index (χ0n) is 10.1. The molecule has 1 unspecified atom stereocenters. The molecular formula is C13H17N3O2. The zero-order valence-corrected chi connectivity index (χ0v) is 10.1. The van der Waals surface area contributed by atoms with E-state index in [1.807, 2.05) is 0 Å². The molecule has 1 fully saturated rings. The summed E-state index contributed by atoms with van der Waals surface area (Å²) in [5.74, 6) is -0.261. The highest BCUT2D eigenvalue weighted by molar-refractivity contribution is 6.03. The van der Waals surface area contributed by atoms with Gasteiger partial charge in [-0.3, -0.25) is 9.59 Å². The molecule has 18 heavy (non-hydrogen) atoms. The maximum absolute atomic E-state index is 11.8. The number of amides is 2. The maximum atomic E-state index is 11.8. The van der Waals surface area contributed by atoms with E-state index in [2.05, 4.69) is 5.32 Å². The Morgan fingerprint density at radius 1 is 1.33 bits per heavy atom. The number of rotatable bonds is 5. The van der Waals surface area contributed by atoms with Crippen molar-refractivity contribution in [2.45, 2.75) is 25.3 Å². The number of nitrogens with two attached hydrogens (primary N) is 2. The minimum atomic E-state index is -0.558. The molecule has 96 valence electrons. The van der Waals surface area contributed by atoms with Gasteiger partial charge >= 0.3 is 0 Å². The Labute approximate surface area is 106 Å². The van der Waals surface area contributed by atoms with E-state index in [0.29, 0.717) is 17.2 Å². The third-order valence-corrected chi connectivity index (χ3v) is 3.12. The van der Waals surface area contributed by atoms with Crippen molar-refractivity contribution in [3.05, 3.63) is 29.8 Å². The Hall–Kier alpha value is -1.88. The summed E-state index contributed by atoms with van der Waals surface area (Å²) in [5.41, 5.74) is 11.9. The summed E-state index contributed by atoms with van der Waals surface area (Å²) in [4.78, 5) is 23.0. The number of para-hydroxylation sites is 1. The number of nitrogens with one attached hydrogen (secondary N) is 1. The molecule has 0 spiro atoms. The van der Waals surface area contributed by atoms with Crippen molar-refractivity contribution in [3.63, 3.8) is 0 Å². The highest BCUT2D eigenvalue weighted by atomic mass is 16.2. The van der Waals surface area contributed by atoms with E-state index < -0.39 is 5.91 Å². The first-order chi connectivity index (χ1) is 8.58. The second-order valence-corrected chi connectivity index (χ2v) is 4.66. The summed E-state index contributed by atoms with van der Waals surface area (Å²) < 4.78 is 0. The minimum Gasteiger partial charge on any atom is -0.366 e. The van der Waals surface area contributed by atoms with Gasteiger partial charge in [0.15, 0.2) is 0 Å². The molecule has 0 bridgehead atoms. The van der Waals surface area contributed by atoms with Crippen LogP contribution in [0.1, 0.15) is 29.6 Å². The molecular weight excluding hydrogens is 230 g/mol. The number of anilines is 1. The quantitative estimate of drug-likeness (QED) is 0.719. The van der Waals surface area contributed by atoms with Crippen LogP contribution in [-0.2, 0) is 4.79 Å². The van der Waals surface area contributed by atoms with Crippen molar-refractivity contribution in [2.24, 2.45) is 17.4 Å². The van der Waals surface area contributed by atoms with Gasteiger partial charge in [0.1, 0.15) is 0 Å². The molecule has 1 atom stereocenters. The summed E-state index contributed by atoms with van der Waals surface area (Å²) in [6.45, 7) is 0. The fourth-order valence-corrected chi connectivity index (χ4v) is 1.91. The Morgan fingerprint density at radius 2 is 2.00 bits per heavy atom. The van der Waals surface area contributed by atoms with Gasteiger partial charge in [0.05, 0.1) is 11.3 Å². The minimum absolute atomic E-state index is 0.0919. The Morgan fingerprint density at radius 3 is 2.61 bits per heavy atom. The van der Waals surface area contributed by atoms with Crippen LogP contribution in [0.2, 0.25) is 0 Å². The molecule has 0 radical (unpaired) electrons. The van der Waals surface area contributed by atoms with Crippen LogP contribution in [0.4, 0.5) is 5.69 Å². The average molecular weight is 247 g/mol. The first-order valence-electron chi connectivity index (χ1n) is 6.02. The van der Waals surface area contributed by atoms with Gasteiger partial charge in [-0.05, 0) is 30.9 Å². The van der Waals surface area contributed by atoms with Crippen molar-refractivity contribution in [1.29, 1.82) is 0 Å². The van der Waals surface area contributed by atoms with Crippen molar-refractivity contribution in [1.82, 2.24) is 0 Å². The lowest BCUT2D eigenvalue weighted by atomic mass is 10.1. The van der Waals surface area contributed by atoms with Gasteiger partial charge in [-0.1, -0.05) is 12.1 Å². The van der Waals surface area contributed by atoms with Crippen molar-refractivity contribution in [2.75, 3.05) is 5.32 Å². The average Bonchev–Trinajstić information content (AvgIpc) is 3.12. The van der Waals surface area contributed by atoms with Crippen molar-refractivity contribution < 1.29 is 9.59 Å². The Kier molecular flexibility index (Phi) is 3.62. The second kappa shape index (κ2) is 5.18. The number of benzene rings is 1. The molecule has 1 aliphatic carbocycles. The second-order valence-electron chi connectivity index (χ2n) is 4.66. The zero-order chi connectivity index (χ0) is 13.1. The summed E-state index contributed by atoms with van der Waals surface area (Å²) >= 11 is 0. The van der Waals surface area contributed by atoms with Gasteiger partial charge in [-0.2, -0.15) is 0 Å². The molecule has 5 nitrogen and oxygen atoms in total. The lowest BCUT2D eigenvalue weighted by Crippen LogP contribution is -2.29. The largest absolute Gasteiger partial charge is 0.366 e. The predicted molar refractivity (Wildman–Crippen MR) is 68.9 cm³/mol. The van der Waals surface area contributed by atoms with E-state index in [4.69, 9.17) is 11.5 Å². The maximum Gasteiger partial charge on any atom is 0.250 e. The summed E-state index contributed by atoms with van der Waals surface area (Å²) in [5, 5.41) is 2.69. The number of hydrogen-bond acceptors (Lipinski definition) is 3. The van der Waals surface area contributed by atoms with E-state index in [1.54, 1.807) is 24.3 Å². The highest BCUT2D eigenvalue weighted by Gasteiger charge is 2.29. The van der Waals surface area contributed by atoms with Crippen LogP contribution in [0.5, 0.6) is 0 Å². The molecule has 5 N–H and O–H groups in total. The molecule has 0 aromatic heterocycles. The summed E-state index contributed by atoms with van der Waals surface area (Å²) in [6, 6.07) is 6.58. The summed E-state index contributed by atoms with van der Waals surface area (Å²) in [6.07, 6.45) is 2.48. The molecule has 0 saturated heterocycles. The smallest absolute Gasteiger partial charge is 0.250 e. The lowest BCUT2D eigenvalue weighted by Gasteiger charge is -2.12. The van der Waals surface area contributed by atoms with E-state index in [9.17, 15) is 9.59 Å². The molecule has 1 aromatic carbocycles. The number of carbonyl (C=O) groups excluding carboxylic acids is 2. The summed E-state index contributed by atoms with van der Waals surface area (Å²) in [7, 11) is 0. The topological polar surface area (TPSA) is 98.2 Å². The third-order valence-electron chi connectivity index (χ3n) is 3.12. The van der Waals surface area contributed by atoms with Crippen molar-refractivity contribution >= 4 is 17.5 Å². The van der Waals surface area contributed by atoms with E-state index >= 15 is 0 Å².